The van der Waals surface area contributed by atoms with Gasteiger partial charge in [0.25, 0.3) is 11.8 Å². The van der Waals surface area contributed by atoms with E-state index in [2.05, 4.69) is 5.32 Å². The third-order valence-electron chi connectivity index (χ3n) is 6.42. The highest BCUT2D eigenvalue weighted by molar-refractivity contribution is 7.58. The van der Waals surface area contributed by atoms with E-state index in [0.29, 0.717) is 25.2 Å². The van der Waals surface area contributed by atoms with Gasteiger partial charge in [-0.2, -0.15) is 0 Å². The maximum atomic E-state index is 13.6. The van der Waals surface area contributed by atoms with Gasteiger partial charge in [0.15, 0.2) is 0 Å². The molecule has 0 aliphatic heterocycles. The van der Waals surface area contributed by atoms with Crippen LogP contribution in [0.4, 0.5) is 0 Å². The number of benzene rings is 2. The number of carbonyl (C=O) groups excluding carboxylic acids is 3. The van der Waals surface area contributed by atoms with Crippen molar-refractivity contribution >= 4 is 25.1 Å². The summed E-state index contributed by atoms with van der Waals surface area (Å²) in [6, 6.07) is 15.6. The second kappa shape index (κ2) is 15.6. The third kappa shape index (κ3) is 9.60. The van der Waals surface area contributed by atoms with E-state index in [1.165, 1.54) is 11.1 Å². The lowest BCUT2D eigenvalue weighted by Gasteiger charge is -2.29. The molecule has 10 heteroatoms. The molecule has 0 spiro atoms. The average molecular weight is 559 g/mol. The molecule has 2 aromatic carbocycles. The van der Waals surface area contributed by atoms with Crippen LogP contribution in [0.5, 0.6) is 0 Å². The number of nitrogens with zero attached hydrogens (tertiary/aromatic N) is 3. The Morgan fingerprint density at radius 1 is 0.923 bits per heavy atom. The van der Waals surface area contributed by atoms with E-state index >= 15 is 0 Å². The lowest BCUT2D eigenvalue weighted by atomic mass is 10.1. The number of hydrogen-bond donors (Lipinski definition) is 2. The van der Waals surface area contributed by atoms with Gasteiger partial charge >= 0.3 is 0 Å². The van der Waals surface area contributed by atoms with Crippen LogP contribution in [-0.2, 0) is 15.8 Å². The Kier molecular flexibility index (Phi) is 12.8. The minimum Gasteiger partial charge on any atom is -0.343 e. The van der Waals surface area contributed by atoms with E-state index < -0.39 is 19.1 Å². The van der Waals surface area contributed by atoms with Gasteiger partial charge in [0.1, 0.15) is 5.78 Å². The standard InChI is InChI=1S/C29H43N4O5P/c1-6-18-32(19-7-2)29(36)25-16-12-15-24(22-25)28(35)30-26(21-23-13-10-9-11-14-23)39(37,38)20-17-27(34)33(8-3)31(4)5/h9-16,22,26H,6-8,17-21H2,1-5H3,(H,30,35)(H,37,38). The first kappa shape index (κ1) is 32.2. The summed E-state index contributed by atoms with van der Waals surface area (Å²) in [7, 11) is -0.540. The lowest BCUT2D eigenvalue weighted by Crippen LogP contribution is -2.42. The van der Waals surface area contributed by atoms with Crippen molar-refractivity contribution in [3.8, 4) is 0 Å². The Bertz CT molecular complexity index is 1140. The number of amides is 3. The first-order chi connectivity index (χ1) is 18.5. The highest BCUT2D eigenvalue weighted by Crippen LogP contribution is 2.47. The van der Waals surface area contributed by atoms with Gasteiger partial charge in [-0.05, 0) is 43.5 Å². The third-order valence-corrected chi connectivity index (χ3v) is 8.57. The van der Waals surface area contributed by atoms with Gasteiger partial charge in [-0.3, -0.25) is 24.0 Å². The fourth-order valence-electron chi connectivity index (χ4n) is 4.42. The zero-order valence-corrected chi connectivity index (χ0v) is 24.7. The van der Waals surface area contributed by atoms with Crippen LogP contribution >= 0.6 is 7.37 Å². The smallest absolute Gasteiger partial charge is 0.253 e. The Morgan fingerprint density at radius 3 is 2.10 bits per heavy atom. The Labute approximate surface area is 232 Å². The van der Waals surface area contributed by atoms with Crippen molar-refractivity contribution < 1.29 is 23.8 Å². The van der Waals surface area contributed by atoms with Crippen LogP contribution in [0.3, 0.4) is 0 Å². The summed E-state index contributed by atoms with van der Waals surface area (Å²) in [4.78, 5) is 51.9. The van der Waals surface area contributed by atoms with E-state index in [9.17, 15) is 23.8 Å². The van der Waals surface area contributed by atoms with Crippen molar-refractivity contribution in [1.82, 2.24) is 20.2 Å². The SMILES string of the molecule is CCCN(CCC)C(=O)c1cccc(C(=O)NC(Cc2ccccc2)P(=O)(O)CCC(=O)N(CC)N(C)C)c1. The van der Waals surface area contributed by atoms with E-state index in [-0.39, 0.29) is 36.4 Å². The summed E-state index contributed by atoms with van der Waals surface area (Å²) >= 11 is 0. The lowest BCUT2D eigenvalue weighted by molar-refractivity contribution is -0.143. The van der Waals surface area contributed by atoms with Crippen LogP contribution < -0.4 is 5.32 Å². The minimum atomic E-state index is -4.01. The van der Waals surface area contributed by atoms with Gasteiger partial charge in [-0.25, -0.2) is 5.01 Å². The van der Waals surface area contributed by atoms with E-state index in [1.807, 2.05) is 51.1 Å². The molecule has 2 unspecified atom stereocenters. The summed E-state index contributed by atoms with van der Waals surface area (Å²) in [6.45, 7) is 7.53. The van der Waals surface area contributed by atoms with Crippen molar-refractivity contribution in [3.05, 3.63) is 71.3 Å². The normalized spacial score (nSPS) is 13.4. The second-order valence-electron chi connectivity index (χ2n) is 9.74. The Balaban J connectivity index is 2.28. The molecular weight excluding hydrogens is 515 g/mol. The predicted octanol–water partition coefficient (Wildman–Crippen LogP) is 4.23. The molecule has 0 heterocycles. The largest absolute Gasteiger partial charge is 0.343 e. The van der Waals surface area contributed by atoms with Gasteiger partial charge in [-0.15, -0.1) is 0 Å². The van der Waals surface area contributed by atoms with Crippen LogP contribution in [-0.4, -0.2) is 83.2 Å². The van der Waals surface area contributed by atoms with E-state index in [0.717, 1.165) is 18.4 Å². The molecule has 9 nitrogen and oxygen atoms in total. The summed E-state index contributed by atoms with van der Waals surface area (Å²) < 4.78 is 13.6. The highest BCUT2D eigenvalue weighted by atomic mass is 31.2. The zero-order chi connectivity index (χ0) is 29.0. The Hall–Kier alpha value is -3.00. The predicted molar refractivity (Wildman–Crippen MR) is 155 cm³/mol. The second-order valence-corrected chi connectivity index (χ2v) is 12.3. The summed E-state index contributed by atoms with van der Waals surface area (Å²) in [5, 5.41) is 5.88. The number of hydrogen-bond acceptors (Lipinski definition) is 5. The maximum Gasteiger partial charge on any atom is 0.253 e. The monoisotopic (exact) mass is 558 g/mol. The number of hydrazine groups is 1. The minimum absolute atomic E-state index is 0.124. The van der Waals surface area contributed by atoms with Crippen LogP contribution in [0, 0.1) is 0 Å². The van der Waals surface area contributed by atoms with E-state index in [1.54, 1.807) is 42.2 Å². The quantitative estimate of drug-likeness (QED) is 0.250. The molecule has 214 valence electrons. The molecule has 2 aromatic rings. The van der Waals surface area contributed by atoms with Crippen molar-refractivity contribution in [2.45, 2.75) is 52.2 Å². The molecule has 0 fully saturated rings. The average Bonchev–Trinajstić information content (AvgIpc) is 2.92. The molecule has 0 aliphatic rings. The van der Waals surface area contributed by atoms with Crippen molar-refractivity contribution in [2.75, 3.05) is 39.9 Å². The molecule has 0 saturated heterocycles. The van der Waals surface area contributed by atoms with Crippen molar-refractivity contribution in [2.24, 2.45) is 0 Å². The molecular formula is C29H43N4O5P. The zero-order valence-electron chi connectivity index (χ0n) is 23.8. The fourth-order valence-corrected chi connectivity index (χ4v) is 6.06. The van der Waals surface area contributed by atoms with Gasteiger partial charge < -0.3 is 15.1 Å². The van der Waals surface area contributed by atoms with Crippen molar-refractivity contribution in [3.63, 3.8) is 0 Å². The molecule has 2 rings (SSSR count). The molecule has 2 atom stereocenters. The van der Waals surface area contributed by atoms with Crippen LogP contribution in [0.25, 0.3) is 0 Å². The highest BCUT2D eigenvalue weighted by Gasteiger charge is 2.34. The van der Waals surface area contributed by atoms with Crippen molar-refractivity contribution in [1.29, 1.82) is 0 Å². The number of carbonyl (C=O) groups is 3. The van der Waals surface area contributed by atoms with Crippen LogP contribution in [0.15, 0.2) is 54.6 Å². The summed E-state index contributed by atoms with van der Waals surface area (Å²) in [5.41, 5.74) is 1.41. The first-order valence-electron chi connectivity index (χ1n) is 13.6. The van der Waals surface area contributed by atoms with Gasteiger partial charge in [0.05, 0.1) is 0 Å². The molecule has 3 amide bonds. The molecule has 0 saturated carbocycles. The van der Waals surface area contributed by atoms with Crippen LogP contribution in [0.2, 0.25) is 0 Å². The van der Waals surface area contributed by atoms with Gasteiger partial charge in [-0.1, -0.05) is 50.2 Å². The summed E-state index contributed by atoms with van der Waals surface area (Å²) in [6.07, 6.45) is 1.38. The molecule has 2 N–H and O–H groups in total. The molecule has 0 aromatic heterocycles. The number of nitrogens with one attached hydrogen (secondary N) is 1. The Morgan fingerprint density at radius 2 is 1.54 bits per heavy atom. The summed E-state index contributed by atoms with van der Waals surface area (Å²) in [5.74, 6) is -2.07. The molecule has 39 heavy (non-hydrogen) atoms. The van der Waals surface area contributed by atoms with Crippen LogP contribution in [0.1, 0.15) is 66.3 Å². The maximum absolute atomic E-state index is 13.6. The van der Waals surface area contributed by atoms with Gasteiger partial charge in [0, 0.05) is 63.9 Å². The fraction of sp³-hybridized carbons (Fsp3) is 0.483. The molecule has 0 aliphatic carbocycles. The van der Waals surface area contributed by atoms with E-state index in [4.69, 9.17) is 0 Å². The first-order valence-corrected chi connectivity index (χ1v) is 15.5. The molecule has 0 radical (unpaired) electrons. The topological polar surface area (TPSA) is 110 Å². The van der Waals surface area contributed by atoms with Gasteiger partial charge in [0.2, 0.25) is 13.3 Å². The molecule has 0 bridgehead atoms. The number of rotatable bonds is 15.